The molecule has 0 radical (unpaired) electrons. The third-order valence-corrected chi connectivity index (χ3v) is 4.38. The first-order valence-corrected chi connectivity index (χ1v) is 8.54. The summed E-state index contributed by atoms with van der Waals surface area (Å²) in [6.45, 7) is 2.54. The van der Waals surface area contributed by atoms with Gasteiger partial charge in [-0.15, -0.1) is 0 Å². The molecule has 6 nitrogen and oxygen atoms in total. The number of ether oxygens (including phenoxy) is 3. The molecule has 0 aromatic heterocycles. The van der Waals surface area contributed by atoms with E-state index < -0.39 is 12.1 Å². The van der Waals surface area contributed by atoms with Crippen LogP contribution in [0.25, 0.3) is 0 Å². The van der Waals surface area contributed by atoms with Crippen LogP contribution in [0.15, 0.2) is 18.2 Å². The van der Waals surface area contributed by atoms with E-state index >= 15 is 0 Å². The van der Waals surface area contributed by atoms with E-state index in [9.17, 15) is 9.59 Å². The van der Waals surface area contributed by atoms with Gasteiger partial charge >= 0.3 is 5.97 Å². The van der Waals surface area contributed by atoms with Crippen LogP contribution in [-0.4, -0.2) is 37.2 Å². The van der Waals surface area contributed by atoms with Crippen LogP contribution in [0.2, 0.25) is 0 Å². The van der Waals surface area contributed by atoms with Gasteiger partial charge in [-0.05, 0) is 38.0 Å². The summed E-state index contributed by atoms with van der Waals surface area (Å²) in [7, 11) is 0. The molecule has 24 heavy (non-hydrogen) atoms. The highest BCUT2D eigenvalue weighted by molar-refractivity contribution is 5.92. The van der Waals surface area contributed by atoms with Gasteiger partial charge in [0.1, 0.15) is 13.2 Å². The molecular formula is C18H23NO5. The average Bonchev–Trinajstić information content (AvgIpc) is 2.62. The van der Waals surface area contributed by atoms with Crippen molar-refractivity contribution in [2.75, 3.05) is 13.2 Å². The van der Waals surface area contributed by atoms with Crippen LogP contribution in [0, 0.1) is 0 Å². The lowest BCUT2D eigenvalue weighted by atomic mass is 9.95. The normalized spacial score (nSPS) is 18.5. The molecule has 1 aromatic rings. The number of carbonyl (C=O) groups excluding carboxylic acids is 2. The van der Waals surface area contributed by atoms with Crippen molar-refractivity contribution in [1.82, 2.24) is 5.32 Å². The SMILES string of the molecule is C[C@H](OC(=O)c1ccc2c(c1)OCCO2)C(=O)NC1CCCCC1. The summed E-state index contributed by atoms with van der Waals surface area (Å²) >= 11 is 0. The highest BCUT2D eigenvalue weighted by Crippen LogP contribution is 2.31. The Morgan fingerprint density at radius 2 is 1.83 bits per heavy atom. The van der Waals surface area contributed by atoms with E-state index in [1.165, 1.54) is 6.42 Å². The van der Waals surface area contributed by atoms with E-state index in [0.29, 0.717) is 30.3 Å². The Morgan fingerprint density at radius 1 is 1.12 bits per heavy atom. The third-order valence-electron chi connectivity index (χ3n) is 4.38. The second kappa shape index (κ2) is 7.55. The molecule has 1 heterocycles. The second-order valence-electron chi connectivity index (χ2n) is 6.25. The van der Waals surface area contributed by atoms with E-state index in [2.05, 4.69) is 5.32 Å². The lowest BCUT2D eigenvalue weighted by Gasteiger charge is -2.24. The molecule has 1 atom stereocenters. The van der Waals surface area contributed by atoms with Crippen molar-refractivity contribution < 1.29 is 23.8 Å². The number of nitrogens with one attached hydrogen (secondary N) is 1. The van der Waals surface area contributed by atoms with E-state index in [4.69, 9.17) is 14.2 Å². The van der Waals surface area contributed by atoms with Crippen molar-refractivity contribution in [3.05, 3.63) is 23.8 Å². The Bertz CT molecular complexity index is 609. The van der Waals surface area contributed by atoms with Crippen LogP contribution in [0.5, 0.6) is 11.5 Å². The number of benzene rings is 1. The number of rotatable bonds is 4. The van der Waals surface area contributed by atoms with Crippen LogP contribution >= 0.6 is 0 Å². The lowest BCUT2D eigenvalue weighted by Crippen LogP contribution is -2.42. The summed E-state index contributed by atoms with van der Waals surface area (Å²) in [6.07, 6.45) is 4.66. The zero-order chi connectivity index (χ0) is 16.9. The van der Waals surface area contributed by atoms with Gasteiger partial charge in [-0.1, -0.05) is 19.3 Å². The van der Waals surface area contributed by atoms with E-state index in [0.717, 1.165) is 25.7 Å². The standard InChI is InChI=1S/C18H23NO5/c1-12(17(20)19-14-5-3-2-4-6-14)24-18(21)13-7-8-15-16(11-13)23-10-9-22-15/h7-8,11-12,14H,2-6,9-10H2,1H3,(H,19,20)/t12-/m0/s1. The van der Waals surface area contributed by atoms with Crippen LogP contribution in [0.3, 0.4) is 0 Å². The Labute approximate surface area is 141 Å². The van der Waals surface area contributed by atoms with Gasteiger partial charge in [-0.2, -0.15) is 0 Å². The third kappa shape index (κ3) is 3.99. The number of carbonyl (C=O) groups is 2. The van der Waals surface area contributed by atoms with Gasteiger partial charge in [-0.3, -0.25) is 4.79 Å². The summed E-state index contributed by atoms with van der Waals surface area (Å²) < 4.78 is 16.2. The summed E-state index contributed by atoms with van der Waals surface area (Å²) in [6, 6.07) is 5.07. The second-order valence-corrected chi connectivity index (χ2v) is 6.25. The van der Waals surface area contributed by atoms with Crippen LogP contribution < -0.4 is 14.8 Å². The fourth-order valence-electron chi connectivity index (χ4n) is 3.02. The molecule has 2 aliphatic rings. The maximum atomic E-state index is 12.2. The molecular weight excluding hydrogens is 310 g/mol. The van der Waals surface area contributed by atoms with E-state index in [1.807, 2.05) is 0 Å². The predicted octanol–water partition coefficient (Wildman–Crippen LogP) is 2.45. The van der Waals surface area contributed by atoms with Crippen molar-refractivity contribution in [2.45, 2.75) is 51.2 Å². The van der Waals surface area contributed by atoms with Crippen molar-refractivity contribution in [2.24, 2.45) is 0 Å². The van der Waals surface area contributed by atoms with Gasteiger partial charge in [0.15, 0.2) is 17.6 Å². The number of fused-ring (bicyclic) bond motifs is 1. The van der Waals surface area contributed by atoms with Gasteiger partial charge in [0, 0.05) is 6.04 Å². The minimum Gasteiger partial charge on any atom is -0.486 e. The van der Waals surface area contributed by atoms with E-state index in [-0.39, 0.29) is 11.9 Å². The molecule has 1 saturated carbocycles. The molecule has 130 valence electrons. The molecule has 3 rings (SSSR count). The van der Waals surface area contributed by atoms with Crippen molar-refractivity contribution >= 4 is 11.9 Å². The van der Waals surface area contributed by atoms with Crippen molar-refractivity contribution in [1.29, 1.82) is 0 Å². The minimum absolute atomic E-state index is 0.196. The molecule has 0 unspecified atom stereocenters. The van der Waals surface area contributed by atoms with E-state index in [1.54, 1.807) is 25.1 Å². The Balaban J connectivity index is 1.56. The minimum atomic E-state index is -0.826. The molecule has 1 N–H and O–H groups in total. The predicted molar refractivity (Wildman–Crippen MR) is 87.3 cm³/mol. The molecule has 1 fully saturated rings. The number of hydrogen-bond acceptors (Lipinski definition) is 5. The summed E-state index contributed by atoms with van der Waals surface area (Å²) in [5, 5.41) is 2.96. The zero-order valence-corrected chi connectivity index (χ0v) is 13.9. The first kappa shape index (κ1) is 16.6. The molecule has 0 spiro atoms. The molecule has 1 aliphatic carbocycles. The van der Waals surface area contributed by atoms with Crippen LogP contribution in [0.1, 0.15) is 49.4 Å². The largest absolute Gasteiger partial charge is 0.486 e. The zero-order valence-electron chi connectivity index (χ0n) is 13.9. The average molecular weight is 333 g/mol. The summed E-state index contributed by atoms with van der Waals surface area (Å²) in [4.78, 5) is 24.4. The maximum absolute atomic E-state index is 12.2. The molecule has 1 aliphatic heterocycles. The van der Waals surface area contributed by atoms with Crippen LogP contribution in [-0.2, 0) is 9.53 Å². The summed E-state index contributed by atoms with van der Waals surface area (Å²) in [5.41, 5.74) is 0.344. The molecule has 1 aromatic carbocycles. The number of amides is 1. The number of esters is 1. The molecule has 0 saturated heterocycles. The van der Waals surface area contributed by atoms with Crippen molar-refractivity contribution in [3.63, 3.8) is 0 Å². The Morgan fingerprint density at radius 3 is 2.58 bits per heavy atom. The first-order chi connectivity index (χ1) is 11.6. The molecule has 6 heteroatoms. The smallest absolute Gasteiger partial charge is 0.339 e. The van der Waals surface area contributed by atoms with Gasteiger partial charge in [0.25, 0.3) is 5.91 Å². The quantitative estimate of drug-likeness (QED) is 0.857. The molecule has 0 bridgehead atoms. The Kier molecular flexibility index (Phi) is 5.23. The van der Waals surface area contributed by atoms with Crippen molar-refractivity contribution in [3.8, 4) is 11.5 Å². The summed E-state index contributed by atoms with van der Waals surface area (Å²) in [5.74, 6) is 0.349. The highest BCUT2D eigenvalue weighted by Gasteiger charge is 2.23. The topological polar surface area (TPSA) is 73.9 Å². The fourth-order valence-corrected chi connectivity index (χ4v) is 3.02. The molecule has 1 amide bonds. The Hall–Kier alpha value is -2.24. The van der Waals surface area contributed by atoms with Gasteiger partial charge in [0.2, 0.25) is 0 Å². The van der Waals surface area contributed by atoms with Gasteiger partial charge in [0.05, 0.1) is 5.56 Å². The highest BCUT2D eigenvalue weighted by atomic mass is 16.6. The van der Waals surface area contributed by atoms with Gasteiger partial charge in [-0.25, -0.2) is 4.79 Å². The lowest BCUT2D eigenvalue weighted by molar-refractivity contribution is -0.130. The number of hydrogen-bond donors (Lipinski definition) is 1. The monoisotopic (exact) mass is 333 g/mol. The van der Waals surface area contributed by atoms with Crippen LogP contribution in [0.4, 0.5) is 0 Å². The first-order valence-electron chi connectivity index (χ1n) is 8.54. The fraction of sp³-hybridized carbons (Fsp3) is 0.556. The maximum Gasteiger partial charge on any atom is 0.339 e. The van der Waals surface area contributed by atoms with Gasteiger partial charge < -0.3 is 19.5 Å².